The molecule has 0 saturated heterocycles. The molecule has 102 valence electrons. The van der Waals surface area contributed by atoms with Gasteiger partial charge >= 0.3 is 0 Å². The van der Waals surface area contributed by atoms with Gasteiger partial charge in [-0.05, 0) is 55.8 Å². The maximum Gasteiger partial charge on any atom is 0.227 e. The van der Waals surface area contributed by atoms with Crippen molar-refractivity contribution in [1.82, 2.24) is 10.3 Å². The summed E-state index contributed by atoms with van der Waals surface area (Å²) in [6.45, 7) is 9.15. The molecule has 1 heterocycles. The lowest BCUT2D eigenvalue weighted by atomic mass is 10.1. The molecule has 2 aromatic rings. The largest absolute Gasteiger partial charge is 0.444 e. The van der Waals surface area contributed by atoms with Crippen LogP contribution in [-0.4, -0.2) is 10.5 Å². The fraction of sp³-hybridized carbons (Fsp3) is 0.400. The lowest BCUT2D eigenvalue weighted by Crippen LogP contribution is -2.35. The lowest BCUT2D eigenvalue weighted by molar-refractivity contribution is 0.421. The first kappa shape index (κ1) is 14.3. The fourth-order valence-electron chi connectivity index (χ4n) is 1.67. The van der Waals surface area contributed by atoms with E-state index in [9.17, 15) is 0 Å². The number of hydrogen-bond acceptors (Lipinski definition) is 3. The quantitative estimate of drug-likeness (QED) is 0.915. The molecular weight excluding hydrogens is 304 g/mol. The molecule has 0 unspecified atom stereocenters. The van der Waals surface area contributed by atoms with Crippen LogP contribution < -0.4 is 5.32 Å². The monoisotopic (exact) mass is 322 g/mol. The summed E-state index contributed by atoms with van der Waals surface area (Å²) < 4.78 is 6.57. The number of aromatic nitrogens is 1. The van der Waals surface area contributed by atoms with Crippen molar-refractivity contribution in [3.63, 3.8) is 0 Å². The number of benzene rings is 1. The minimum absolute atomic E-state index is 0.0725. The van der Waals surface area contributed by atoms with E-state index in [1.165, 1.54) is 5.56 Å². The molecule has 19 heavy (non-hydrogen) atoms. The maximum absolute atomic E-state index is 5.57. The minimum Gasteiger partial charge on any atom is -0.444 e. The summed E-state index contributed by atoms with van der Waals surface area (Å²) >= 11 is 3.53. The van der Waals surface area contributed by atoms with Gasteiger partial charge in [0.25, 0.3) is 0 Å². The second-order valence-corrected chi connectivity index (χ2v) is 6.59. The van der Waals surface area contributed by atoms with Crippen LogP contribution in [0.3, 0.4) is 0 Å². The Morgan fingerprint density at radius 1 is 1.32 bits per heavy atom. The molecule has 2 rings (SSSR count). The van der Waals surface area contributed by atoms with Crippen molar-refractivity contribution < 1.29 is 4.42 Å². The van der Waals surface area contributed by atoms with Gasteiger partial charge in [-0.2, -0.15) is 0 Å². The second-order valence-electron chi connectivity index (χ2n) is 5.73. The Labute approximate surface area is 122 Å². The molecule has 0 aliphatic rings. The Hall–Kier alpha value is -1.13. The van der Waals surface area contributed by atoms with Gasteiger partial charge in [-0.1, -0.05) is 11.6 Å². The van der Waals surface area contributed by atoms with Gasteiger partial charge in [-0.25, -0.2) is 4.98 Å². The molecule has 0 bridgehead atoms. The van der Waals surface area contributed by atoms with Crippen LogP contribution in [0.15, 0.2) is 33.4 Å². The first-order valence-corrected chi connectivity index (χ1v) is 7.10. The Morgan fingerprint density at radius 2 is 2.05 bits per heavy atom. The van der Waals surface area contributed by atoms with E-state index >= 15 is 0 Å². The maximum atomic E-state index is 5.57. The zero-order valence-electron chi connectivity index (χ0n) is 11.7. The summed E-state index contributed by atoms with van der Waals surface area (Å²) in [5.41, 5.74) is 3.16. The van der Waals surface area contributed by atoms with Crippen LogP contribution in [0, 0.1) is 6.92 Å². The Balaban J connectivity index is 2.19. The van der Waals surface area contributed by atoms with E-state index in [0.717, 1.165) is 15.7 Å². The van der Waals surface area contributed by atoms with Crippen LogP contribution in [0.5, 0.6) is 0 Å². The Kier molecular flexibility index (Phi) is 4.11. The van der Waals surface area contributed by atoms with Gasteiger partial charge in [0, 0.05) is 16.6 Å². The number of nitrogens with zero attached hydrogens (tertiary/aromatic N) is 1. The zero-order chi connectivity index (χ0) is 14.0. The topological polar surface area (TPSA) is 38.1 Å². The molecule has 4 heteroatoms. The van der Waals surface area contributed by atoms with E-state index in [-0.39, 0.29) is 5.54 Å². The van der Waals surface area contributed by atoms with Crippen molar-refractivity contribution >= 4 is 15.9 Å². The van der Waals surface area contributed by atoms with Gasteiger partial charge in [0.05, 0.1) is 11.3 Å². The molecule has 0 fully saturated rings. The van der Waals surface area contributed by atoms with Crippen LogP contribution in [0.2, 0.25) is 0 Å². The van der Waals surface area contributed by atoms with Gasteiger partial charge in [0.1, 0.15) is 6.26 Å². The predicted octanol–water partition coefficient (Wildman–Crippen LogP) is 4.30. The summed E-state index contributed by atoms with van der Waals surface area (Å²) in [7, 11) is 0. The van der Waals surface area contributed by atoms with Gasteiger partial charge in [0.2, 0.25) is 5.89 Å². The number of rotatable bonds is 3. The smallest absolute Gasteiger partial charge is 0.227 e. The van der Waals surface area contributed by atoms with E-state index in [0.29, 0.717) is 12.4 Å². The molecule has 0 aliphatic heterocycles. The van der Waals surface area contributed by atoms with Crippen molar-refractivity contribution in [2.24, 2.45) is 0 Å². The highest BCUT2D eigenvalue weighted by atomic mass is 79.9. The lowest BCUT2D eigenvalue weighted by Gasteiger charge is -2.19. The summed E-state index contributed by atoms with van der Waals surface area (Å²) in [6.07, 6.45) is 1.71. The fourth-order valence-corrected chi connectivity index (χ4v) is 2.09. The van der Waals surface area contributed by atoms with E-state index < -0.39 is 0 Å². The summed E-state index contributed by atoms with van der Waals surface area (Å²) in [6, 6.07) is 6.14. The average molecular weight is 323 g/mol. The third-order valence-electron chi connectivity index (χ3n) is 2.70. The number of nitrogens with one attached hydrogen (secondary N) is 1. The molecule has 0 amide bonds. The third-order valence-corrected chi connectivity index (χ3v) is 3.40. The minimum atomic E-state index is 0.0725. The van der Waals surface area contributed by atoms with Crippen LogP contribution >= 0.6 is 15.9 Å². The van der Waals surface area contributed by atoms with E-state index in [2.05, 4.69) is 66.1 Å². The van der Waals surface area contributed by atoms with Gasteiger partial charge in [-0.3, -0.25) is 0 Å². The van der Waals surface area contributed by atoms with Crippen LogP contribution in [0.1, 0.15) is 32.0 Å². The normalized spacial score (nSPS) is 11.8. The Bertz CT molecular complexity index is 570. The van der Waals surface area contributed by atoms with Gasteiger partial charge in [0.15, 0.2) is 0 Å². The Morgan fingerprint density at radius 3 is 2.74 bits per heavy atom. The SMILES string of the molecule is Cc1ccc(Br)c(-c2nc(CNC(C)(C)C)co2)c1. The first-order chi connectivity index (χ1) is 8.85. The van der Waals surface area contributed by atoms with Crippen molar-refractivity contribution in [3.8, 4) is 11.5 Å². The predicted molar refractivity (Wildman–Crippen MR) is 81.0 cm³/mol. The van der Waals surface area contributed by atoms with E-state index in [1.807, 2.05) is 6.07 Å². The van der Waals surface area contributed by atoms with Crippen molar-refractivity contribution in [2.75, 3.05) is 0 Å². The van der Waals surface area contributed by atoms with Gasteiger partial charge in [-0.15, -0.1) is 0 Å². The molecule has 1 N–H and O–H groups in total. The highest BCUT2D eigenvalue weighted by molar-refractivity contribution is 9.10. The van der Waals surface area contributed by atoms with Gasteiger partial charge < -0.3 is 9.73 Å². The van der Waals surface area contributed by atoms with E-state index in [1.54, 1.807) is 6.26 Å². The van der Waals surface area contributed by atoms with Crippen molar-refractivity contribution in [3.05, 3.63) is 40.2 Å². The molecular formula is C15H19BrN2O. The molecule has 1 aromatic heterocycles. The number of halogens is 1. The molecule has 0 saturated carbocycles. The number of oxazole rings is 1. The van der Waals surface area contributed by atoms with Crippen LogP contribution in [-0.2, 0) is 6.54 Å². The highest BCUT2D eigenvalue weighted by Crippen LogP contribution is 2.28. The van der Waals surface area contributed by atoms with Crippen molar-refractivity contribution in [1.29, 1.82) is 0 Å². The molecule has 0 atom stereocenters. The molecule has 0 spiro atoms. The summed E-state index contributed by atoms with van der Waals surface area (Å²) in [5.74, 6) is 0.654. The third kappa shape index (κ3) is 3.91. The molecule has 3 nitrogen and oxygen atoms in total. The first-order valence-electron chi connectivity index (χ1n) is 6.31. The number of aryl methyl sites for hydroxylation is 1. The average Bonchev–Trinajstić information content (AvgIpc) is 2.77. The standard InChI is InChI=1S/C15H19BrN2O/c1-10-5-6-13(16)12(7-10)14-18-11(9-19-14)8-17-15(2,3)4/h5-7,9,17H,8H2,1-4H3. The van der Waals surface area contributed by atoms with Crippen LogP contribution in [0.4, 0.5) is 0 Å². The molecule has 0 aliphatic carbocycles. The van der Waals surface area contributed by atoms with Crippen molar-refractivity contribution in [2.45, 2.75) is 39.8 Å². The summed E-state index contributed by atoms with van der Waals surface area (Å²) in [4.78, 5) is 4.53. The van der Waals surface area contributed by atoms with E-state index in [4.69, 9.17) is 4.42 Å². The molecule has 1 aromatic carbocycles. The van der Waals surface area contributed by atoms with Crippen LogP contribution in [0.25, 0.3) is 11.5 Å². The molecule has 0 radical (unpaired) electrons. The number of hydrogen-bond donors (Lipinski definition) is 1. The summed E-state index contributed by atoms with van der Waals surface area (Å²) in [5, 5.41) is 3.39. The second kappa shape index (κ2) is 5.47. The zero-order valence-corrected chi connectivity index (χ0v) is 13.3. The highest BCUT2D eigenvalue weighted by Gasteiger charge is 2.13.